The number of benzene rings is 1. The molecule has 0 saturated heterocycles. The highest BCUT2D eigenvalue weighted by atomic mass is 16.5. The van der Waals surface area contributed by atoms with E-state index in [2.05, 4.69) is 33.3 Å². The fourth-order valence-corrected chi connectivity index (χ4v) is 1.94. The number of hydrogen-bond donors (Lipinski definition) is 2. The summed E-state index contributed by atoms with van der Waals surface area (Å²) in [5.74, 6) is 0.545. The number of hydrogen-bond acceptors (Lipinski definition) is 6. The number of ether oxygens (including phenoxy) is 1. The van der Waals surface area contributed by atoms with Crippen LogP contribution in [-0.4, -0.2) is 21.6 Å². The summed E-state index contributed by atoms with van der Waals surface area (Å²) in [5.41, 5.74) is 7.90. The van der Waals surface area contributed by atoms with Crippen molar-refractivity contribution in [2.24, 2.45) is 0 Å². The minimum Gasteiger partial charge on any atom is -0.463 e. The summed E-state index contributed by atoms with van der Waals surface area (Å²) < 4.78 is 5.41. The van der Waals surface area contributed by atoms with Crippen molar-refractivity contribution in [3.63, 3.8) is 0 Å². The average molecular weight is 287 g/mol. The molecule has 0 atom stereocenters. The minimum absolute atomic E-state index is 0.145. The van der Waals surface area contributed by atoms with Crippen LogP contribution < -0.4 is 15.8 Å². The van der Waals surface area contributed by atoms with Gasteiger partial charge in [0.25, 0.3) is 0 Å². The molecule has 0 amide bonds. The van der Waals surface area contributed by atoms with Gasteiger partial charge < -0.3 is 15.8 Å². The number of para-hydroxylation sites is 1. The largest absolute Gasteiger partial charge is 0.463 e. The molecule has 0 bridgehead atoms. The van der Waals surface area contributed by atoms with E-state index in [9.17, 15) is 0 Å². The summed E-state index contributed by atoms with van der Waals surface area (Å²) in [7, 11) is 0. The number of nitrogens with zero attached hydrogens (tertiary/aromatic N) is 3. The van der Waals surface area contributed by atoms with E-state index in [0.29, 0.717) is 12.6 Å². The number of aryl methyl sites for hydroxylation is 1. The number of aromatic nitrogens is 3. The maximum Gasteiger partial charge on any atom is 0.323 e. The van der Waals surface area contributed by atoms with Crippen molar-refractivity contribution in [3.8, 4) is 6.01 Å². The first-order chi connectivity index (χ1) is 10.2. The second-order valence-corrected chi connectivity index (χ2v) is 4.68. The molecule has 6 heteroatoms. The van der Waals surface area contributed by atoms with E-state index in [4.69, 9.17) is 10.5 Å². The topological polar surface area (TPSA) is 86.0 Å². The Morgan fingerprint density at radius 1 is 1.10 bits per heavy atom. The van der Waals surface area contributed by atoms with E-state index in [-0.39, 0.29) is 12.0 Å². The van der Waals surface area contributed by atoms with Crippen molar-refractivity contribution in [2.75, 3.05) is 17.7 Å². The van der Waals surface area contributed by atoms with Crippen molar-refractivity contribution >= 4 is 17.6 Å². The van der Waals surface area contributed by atoms with Crippen LogP contribution in [0.1, 0.15) is 32.3 Å². The van der Waals surface area contributed by atoms with Crippen molar-refractivity contribution in [1.29, 1.82) is 0 Å². The molecule has 112 valence electrons. The van der Waals surface area contributed by atoms with E-state index in [1.165, 1.54) is 5.56 Å². The first-order valence-electron chi connectivity index (χ1n) is 7.22. The van der Waals surface area contributed by atoms with E-state index in [1.807, 2.05) is 25.1 Å². The molecule has 21 heavy (non-hydrogen) atoms. The molecule has 0 aliphatic carbocycles. The van der Waals surface area contributed by atoms with Crippen LogP contribution in [0, 0.1) is 0 Å². The summed E-state index contributed by atoms with van der Waals surface area (Å²) >= 11 is 0. The van der Waals surface area contributed by atoms with Crippen LogP contribution in [0.15, 0.2) is 24.3 Å². The molecule has 2 aromatic rings. The predicted molar refractivity (Wildman–Crippen MR) is 83.7 cm³/mol. The van der Waals surface area contributed by atoms with E-state index >= 15 is 0 Å². The number of nitrogen functional groups attached to an aromatic ring is 1. The molecule has 0 radical (unpaired) electrons. The highest BCUT2D eigenvalue weighted by Crippen LogP contribution is 2.21. The molecule has 1 aromatic carbocycles. The molecule has 1 aromatic heterocycles. The molecule has 0 unspecified atom stereocenters. The van der Waals surface area contributed by atoms with Crippen LogP contribution in [-0.2, 0) is 6.42 Å². The smallest absolute Gasteiger partial charge is 0.323 e. The van der Waals surface area contributed by atoms with Crippen molar-refractivity contribution in [3.05, 3.63) is 29.8 Å². The number of nitrogens with two attached hydrogens (primary N) is 1. The van der Waals surface area contributed by atoms with Gasteiger partial charge in [0.05, 0.1) is 6.61 Å². The summed E-state index contributed by atoms with van der Waals surface area (Å²) in [6, 6.07) is 8.33. The summed E-state index contributed by atoms with van der Waals surface area (Å²) in [4.78, 5) is 12.3. The van der Waals surface area contributed by atoms with Gasteiger partial charge in [-0.25, -0.2) is 0 Å². The van der Waals surface area contributed by atoms with E-state index in [1.54, 1.807) is 0 Å². The molecule has 0 aliphatic heterocycles. The van der Waals surface area contributed by atoms with Gasteiger partial charge in [-0.05, 0) is 24.5 Å². The maximum absolute atomic E-state index is 5.70. The Kier molecular flexibility index (Phi) is 5.31. The van der Waals surface area contributed by atoms with Crippen LogP contribution in [0.25, 0.3) is 0 Å². The van der Waals surface area contributed by atoms with Crippen LogP contribution in [0.5, 0.6) is 6.01 Å². The Morgan fingerprint density at radius 3 is 2.67 bits per heavy atom. The van der Waals surface area contributed by atoms with Crippen molar-refractivity contribution < 1.29 is 4.74 Å². The van der Waals surface area contributed by atoms with Gasteiger partial charge in [0.15, 0.2) is 0 Å². The molecule has 3 N–H and O–H groups in total. The van der Waals surface area contributed by atoms with Gasteiger partial charge in [-0.1, -0.05) is 38.5 Å². The highest BCUT2D eigenvalue weighted by Gasteiger charge is 2.07. The zero-order valence-electron chi connectivity index (χ0n) is 12.5. The second-order valence-electron chi connectivity index (χ2n) is 4.68. The summed E-state index contributed by atoms with van der Waals surface area (Å²) in [5, 5.41) is 3.19. The minimum atomic E-state index is 0.145. The molecule has 2 rings (SSSR count). The van der Waals surface area contributed by atoms with Gasteiger partial charge in [0.1, 0.15) is 0 Å². The summed E-state index contributed by atoms with van der Waals surface area (Å²) in [6.45, 7) is 4.72. The van der Waals surface area contributed by atoms with Crippen LogP contribution in [0.2, 0.25) is 0 Å². The third kappa shape index (κ3) is 4.30. The lowest BCUT2D eigenvalue weighted by Gasteiger charge is -2.11. The number of rotatable bonds is 7. The molecular formula is C15H21N5O. The molecule has 0 spiro atoms. The lowest BCUT2D eigenvalue weighted by Crippen LogP contribution is -2.08. The van der Waals surface area contributed by atoms with Crippen LogP contribution in [0.3, 0.4) is 0 Å². The zero-order chi connectivity index (χ0) is 15.1. The van der Waals surface area contributed by atoms with Gasteiger partial charge >= 0.3 is 6.01 Å². The Morgan fingerprint density at radius 2 is 1.90 bits per heavy atom. The number of nitrogens with one attached hydrogen (secondary N) is 1. The molecule has 0 saturated carbocycles. The first-order valence-corrected chi connectivity index (χ1v) is 7.22. The zero-order valence-corrected chi connectivity index (χ0v) is 12.5. The quantitative estimate of drug-likeness (QED) is 0.814. The van der Waals surface area contributed by atoms with Gasteiger partial charge in [-0.3, -0.25) is 0 Å². The summed E-state index contributed by atoms with van der Waals surface area (Å²) in [6.07, 6.45) is 2.94. The Balaban J connectivity index is 2.21. The van der Waals surface area contributed by atoms with Gasteiger partial charge in [0.2, 0.25) is 11.9 Å². The van der Waals surface area contributed by atoms with Gasteiger partial charge in [-0.15, -0.1) is 0 Å². The Hall–Kier alpha value is -2.37. The predicted octanol–water partition coefficient (Wildman–Crippen LogP) is 2.94. The molecular weight excluding hydrogens is 266 g/mol. The normalized spacial score (nSPS) is 10.4. The number of anilines is 3. The van der Waals surface area contributed by atoms with Crippen molar-refractivity contribution in [1.82, 2.24) is 15.0 Å². The van der Waals surface area contributed by atoms with Crippen molar-refractivity contribution in [2.45, 2.75) is 33.1 Å². The fourth-order valence-electron chi connectivity index (χ4n) is 1.94. The van der Waals surface area contributed by atoms with Gasteiger partial charge in [0, 0.05) is 5.69 Å². The van der Waals surface area contributed by atoms with E-state index < -0.39 is 0 Å². The molecule has 0 fully saturated rings. The maximum atomic E-state index is 5.70. The third-order valence-electron chi connectivity index (χ3n) is 2.85. The lowest BCUT2D eigenvalue weighted by atomic mass is 10.1. The van der Waals surface area contributed by atoms with Gasteiger partial charge in [-0.2, -0.15) is 15.0 Å². The van der Waals surface area contributed by atoms with Crippen LogP contribution >= 0.6 is 0 Å². The Labute approximate surface area is 124 Å². The molecule has 6 nitrogen and oxygen atoms in total. The second kappa shape index (κ2) is 7.42. The average Bonchev–Trinajstić information content (AvgIpc) is 2.47. The third-order valence-corrected chi connectivity index (χ3v) is 2.85. The molecule has 1 heterocycles. The fraction of sp³-hybridized carbons (Fsp3) is 0.400. The highest BCUT2D eigenvalue weighted by molar-refractivity contribution is 5.59. The SMILES string of the molecule is CCCOc1nc(N)nc(Nc2ccccc2CCC)n1. The standard InChI is InChI=1S/C15H21N5O/c1-3-7-11-8-5-6-9-12(11)17-14-18-13(16)19-15(20-14)21-10-4-2/h5-6,8-9H,3-4,7,10H2,1-2H3,(H3,16,17,18,19,20). The lowest BCUT2D eigenvalue weighted by molar-refractivity contribution is 0.292. The Bertz CT molecular complexity index is 588. The van der Waals surface area contributed by atoms with Crippen LogP contribution in [0.4, 0.5) is 17.6 Å². The first kappa shape index (κ1) is 15.0. The van der Waals surface area contributed by atoms with E-state index in [0.717, 1.165) is 24.9 Å². The molecule has 0 aliphatic rings. The monoisotopic (exact) mass is 287 g/mol.